The van der Waals surface area contributed by atoms with Gasteiger partial charge in [0.25, 0.3) is 0 Å². The molecule has 0 amide bonds. The molecule has 3 aliphatic rings. The molecule has 8 nitrogen and oxygen atoms in total. The zero-order chi connectivity index (χ0) is 20.2. The molecule has 0 radical (unpaired) electrons. The van der Waals surface area contributed by atoms with E-state index < -0.39 is 54.6 Å². The molecule has 3 saturated heterocycles. The van der Waals surface area contributed by atoms with Crippen molar-refractivity contribution in [2.45, 2.75) is 94.7 Å². The molecule has 9 atom stereocenters. The molecule has 8 heteroatoms. The lowest BCUT2D eigenvalue weighted by Gasteiger charge is -2.46. The summed E-state index contributed by atoms with van der Waals surface area (Å²) >= 11 is 0. The van der Waals surface area contributed by atoms with E-state index in [1.807, 2.05) is 6.08 Å². The van der Waals surface area contributed by atoms with Crippen LogP contribution in [-0.4, -0.2) is 86.3 Å². The first kappa shape index (κ1) is 21.1. The molecule has 3 aliphatic heterocycles. The van der Waals surface area contributed by atoms with Crippen molar-refractivity contribution in [1.82, 2.24) is 0 Å². The highest BCUT2D eigenvalue weighted by atomic mass is 16.7. The van der Waals surface area contributed by atoms with Crippen LogP contribution in [0.1, 0.15) is 40.5 Å². The molecule has 0 unspecified atom stereocenters. The van der Waals surface area contributed by atoms with Gasteiger partial charge in [0.15, 0.2) is 6.29 Å². The first-order valence-corrected chi connectivity index (χ1v) is 9.49. The fourth-order valence-electron chi connectivity index (χ4n) is 4.90. The third kappa shape index (κ3) is 3.36. The second kappa shape index (κ2) is 7.03. The molecule has 0 aromatic rings. The van der Waals surface area contributed by atoms with Gasteiger partial charge in [-0.2, -0.15) is 0 Å². The summed E-state index contributed by atoms with van der Waals surface area (Å²) in [4.78, 5) is 0. The number of hydrogen-bond donors (Lipinski definition) is 5. The lowest BCUT2D eigenvalue weighted by Crippen LogP contribution is -2.59. The smallest absolute Gasteiger partial charge is 0.187 e. The van der Waals surface area contributed by atoms with Gasteiger partial charge in [0, 0.05) is 11.8 Å². The fraction of sp³-hybridized carbons (Fsp3) is 0.895. The van der Waals surface area contributed by atoms with Crippen LogP contribution in [-0.2, 0) is 14.2 Å². The Morgan fingerprint density at radius 2 is 1.78 bits per heavy atom. The SMILES string of the molecule is C[C@H](C=C[C@]12O[C@H](CC1(C)C)C[C@]2(C)O)O[C@@H]1O[C@H](CO)[C@@H](O)[C@H](O)[C@H]1O. The third-order valence-electron chi connectivity index (χ3n) is 6.32. The van der Waals surface area contributed by atoms with E-state index in [9.17, 15) is 25.5 Å². The number of ether oxygens (including phenoxy) is 3. The molecule has 27 heavy (non-hydrogen) atoms. The van der Waals surface area contributed by atoms with Crippen molar-refractivity contribution < 1.29 is 39.7 Å². The molecule has 3 rings (SSSR count). The van der Waals surface area contributed by atoms with Crippen molar-refractivity contribution >= 4 is 0 Å². The number of rotatable bonds is 5. The minimum Gasteiger partial charge on any atom is -0.394 e. The second-order valence-electron chi connectivity index (χ2n) is 8.94. The normalized spacial score (nSPS) is 50.4. The lowest BCUT2D eigenvalue weighted by atomic mass is 9.61. The van der Waals surface area contributed by atoms with Crippen molar-refractivity contribution in [2.75, 3.05) is 6.61 Å². The van der Waals surface area contributed by atoms with E-state index in [2.05, 4.69) is 13.8 Å². The van der Waals surface area contributed by atoms with E-state index in [0.717, 1.165) is 6.42 Å². The van der Waals surface area contributed by atoms with Gasteiger partial charge in [0.2, 0.25) is 0 Å². The van der Waals surface area contributed by atoms with Gasteiger partial charge in [0.1, 0.15) is 30.0 Å². The maximum absolute atomic E-state index is 10.9. The highest BCUT2D eigenvalue weighted by molar-refractivity contribution is 5.27. The molecule has 3 heterocycles. The van der Waals surface area contributed by atoms with Gasteiger partial charge in [-0.25, -0.2) is 0 Å². The molecule has 5 N–H and O–H groups in total. The van der Waals surface area contributed by atoms with Crippen molar-refractivity contribution in [1.29, 1.82) is 0 Å². The number of aliphatic hydroxyl groups excluding tert-OH is 4. The number of fused-ring (bicyclic) bond motifs is 2. The standard InChI is InChI=1S/C19H32O8/c1-10(25-16-15(23)14(22)13(21)12(9-20)26-16)5-6-19-17(2,3)7-11(27-19)8-18(19,4)24/h5-6,10-16,20-24H,7-9H2,1-4H3/t10-,11-,12-,13-,14+,15-,16-,18+,19+/m1/s1. The van der Waals surface area contributed by atoms with Crippen molar-refractivity contribution in [3.05, 3.63) is 12.2 Å². The highest BCUT2D eigenvalue weighted by Gasteiger charge is 2.67. The Labute approximate surface area is 159 Å². The summed E-state index contributed by atoms with van der Waals surface area (Å²) < 4.78 is 17.2. The molecule has 2 bridgehead atoms. The molecule has 0 aromatic heterocycles. The monoisotopic (exact) mass is 388 g/mol. The predicted octanol–water partition coefficient (Wildman–Crippen LogP) is -0.544. The van der Waals surface area contributed by atoms with Gasteiger partial charge in [-0.1, -0.05) is 26.0 Å². The topological polar surface area (TPSA) is 129 Å². The summed E-state index contributed by atoms with van der Waals surface area (Å²) in [5.74, 6) is 0. The zero-order valence-corrected chi connectivity index (χ0v) is 16.3. The van der Waals surface area contributed by atoms with Crippen LogP contribution in [0, 0.1) is 5.41 Å². The molecule has 0 spiro atoms. The van der Waals surface area contributed by atoms with Gasteiger partial charge in [-0.15, -0.1) is 0 Å². The maximum atomic E-state index is 10.9. The van der Waals surface area contributed by atoms with E-state index in [4.69, 9.17) is 14.2 Å². The summed E-state index contributed by atoms with van der Waals surface area (Å²) in [6.07, 6.45) is -2.09. The highest BCUT2D eigenvalue weighted by Crippen LogP contribution is 2.60. The summed E-state index contributed by atoms with van der Waals surface area (Å²) in [6, 6.07) is 0. The largest absolute Gasteiger partial charge is 0.394 e. The molecule has 156 valence electrons. The Morgan fingerprint density at radius 3 is 2.33 bits per heavy atom. The Hall–Kier alpha value is -0.580. The van der Waals surface area contributed by atoms with E-state index in [1.165, 1.54) is 0 Å². The van der Waals surface area contributed by atoms with Crippen LogP contribution >= 0.6 is 0 Å². The van der Waals surface area contributed by atoms with Crippen LogP contribution in [0.5, 0.6) is 0 Å². The van der Waals surface area contributed by atoms with Crippen molar-refractivity contribution in [3.63, 3.8) is 0 Å². The van der Waals surface area contributed by atoms with Gasteiger partial charge in [-0.05, 0) is 20.3 Å². The van der Waals surface area contributed by atoms with E-state index in [-0.39, 0.29) is 11.5 Å². The molecule has 0 saturated carbocycles. The Kier molecular flexibility index (Phi) is 5.51. The summed E-state index contributed by atoms with van der Waals surface area (Å²) in [7, 11) is 0. The third-order valence-corrected chi connectivity index (χ3v) is 6.32. The quantitative estimate of drug-likeness (QED) is 0.397. The first-order chi connectivity index (χ1) is 12.4. The van der Waals surface area contributed by atoms with Crippen LogP contribution in [0.2, 0.25) is 0 Å². The number of aliphatic hydroxyl groups is 5. The molecular weight excluding hydrogens is 356 g/mol. The Balaban J connectivity index is 1.71. The average molecular weight is 388 g/mol. The summed E-state index contributed by atoms with van der Waals surface area (Å²) in [5.41, 5.74) is -2.09. The number of hydrogen-bond acceptors (Lipinski definition) is 8. The van der Waals surface area contributed by atoms with E-state index in [1.54, 1.807) is 19.9 Å². The van der Waals surface area contributed by atoms with E-state index in [0.29, 0.717) is 6.42 Å². The molecule has 0 aliphatic carbocycles. The molecule has 3 fully saturated rings. The minimum absolute atomic E-state index is 0.0151. The minimum atomic E-state index is -1.48. The lowest BCUT2D eigenvalue weighted by molar-refractivity contribution is -0.306. The Bertz CT molecular complexity index is 554. The van der Waals surface area contributed by atoms with Gasteiger partial charge >= 0.3 is 0 Å². The van der Waals surface area contributed by atoms with Crippen LogP contribution in [0.15, 0.2) is 12.2 Å². The van der Waals surface area contributed by atoms with Crippen LogP contribution < -0.4 is 0 Å². The Morgan fingerprint density at radius 1 is 1.11 bits per heavy atom. The maximum Gasteiger partial charge on any atom is 0.187 e. The van der Waals surface area contributed by atoms with Gasteiger partial charge < -0.3 is 39.7 Å². The summed E-state index contributed by atoms with van der Waals surface area (Å²) in [6.45, 7) is 7.13. The predicted molar refractivity (Wildman–Crippen MR) is 94.7 cm³/mol. The first-order valence-electron chi connectivity index (χ1n) is 9.49. The van der Waals surface area contributed by atoms with Crippen molar-refractivity contribution in [2.24, 2.45) is 5.41 Å². The van der Waals surface area contributed by atoms with E-state index >= 15 is 0 Å². The van der Waals surface area contributed by atoms with Gasteiger partial charge in [-0.3, -0.25) is 0 Å². The van der Waals surface area contributed by atoms with Gasteiger partial charge in [0.05, 0.1) is 24.4 Å². The average Bonchev–Trinajstić information content (AvgIpc) is 2.98. The van der Waals surface area contributed by atoms with Crippen LogP contribution in [0.25, 0.3) is 0 Å². The fourth-order valence-corrected chi connectivity index (χ4v) is 4.90. The zero-order valence-electron chi connectivity index (χ0n) is 16.3. The molecular formula is C19H32O8. The second-order valence-corrected chi connectivity index (χ2v) is 8.94. The molecule has 0 aromatic carbocycles. The summed E-state index contributed by atoms with van der Waals surface area (Å²) in [5, 5.41) is 50.0. The van der Waals surface area contributed by atoms with Crippen molar-refractivity contribution in [3.8, 4) is 0 Å². The van der Waals surface area contributed by atoms with Crippen LogP contribution in [0.4, 0.5) is 0 Å². The van der Waals surface area contributed by atoms with Crippen LogP contribution in [0.3, 0.4) is 0 Å².